The summed E-state index contributed by atoms with van der Waals surface area (Å²) in [5.41, 5.74) is -0.858. The Morgan fingerprint density at radius 2 is 1.84 bits per heavy atom. The first-order chi connectivity index (χ1) is 20.7. The van der Waals surface area contributed by atoms with Crippen LogP contribution in [0.3, 0.4) is 0 Å². The van der Waals surface area contributed by atoms with E-state index in [9.17, 15) is 23.9 Å². The number of fused-ring (bicyclic) bond motifs is 1. The molecule has 44 heavy (non-hydrogen) atoms. The fraction of sp³-hybridized carbons (Fsp3) is 0.419. The van der Waals surface area contributed by atoms with E-state index in [1.54, 1.807) is 49.8 Å². The average molecular weight is 613 g/mol. The number of ether oxygens (including phenoxy) is 1. The number of aliphatic imine (C=N–C) groups is 1. The second kappa shape index (κ2) is 11.6. The van der Waals surface area contributed by atoms with Gasteiger partial charge in [0.15, 0.2) is 17.2 Å². The van der Waals surface area contributed by atoms with Gasteiger partial charge in [0.2, 0.25) is 0 Å². The third-order valence-corrected chi connectivity index (χ3v) is 7.60. The Kier molecular flexibility index (Phi) is 8.19. The number of nitrogens with zero attached hydrogens (tertiary/aromatic N) is 6. The summed E-state index contributed by atoms with van der Waals surface area (Å²) < 4.78 is 51.4. The molecule has 3 aromatic rings. The topological polar surface area (TPSA) is 108 Å². The lowest BCUT2D eigenvalue weighted by atomic mass is 10.0. The van der Waals surface area contributed by atoms with E-state index < -0.39 is 46.8 Å². The highest BCUT2D eigenvalue weighted by Crippen LogP contribution is 2.39. The Bertz CT molecular complexity index is 1620. The molecule has 1 aromatic carbocycles. The van der Waals surface area contributed by atoms with Crippen LogP contribution >= 0.6 is 0 Å². The van der Waals surface area contributed by atoms with E-state index in [0.717, 1.165) is 24.3 Å². The van der Waals surface area contributed by atoms with Crippen molar-refractivity contribution in [2.75, 3.05) is 24.5 Å². The van der Waals surface area contributed by atoms with E-state index in [1.165, 1.54) is 4.90 Å². The molecule has 2 aromatic heterocycles. The van der Waals surface area contributed by atoms with Crippen molar-refractivity contribution in [3.8, 4) is 11.3 Å². The van der Waals surface area contributed by atoms with Crippen LogP contribution < -0.4 is 9.63 Å². The number of amidine groups is 1. The third-order valence-electron chi connectivity index (χ3n) is 7.60. The molecule has 1 fully saturated rings. The first kappa shape index (κ1) is 31.0. The summed E-state index contributed by atoms with van der Waals surface area (Å²) in [6, 6.07) is 5.29. The highest BCUT2D eigenvalue weighted by atomic mass is 19.1. The van der Waals surface area contributed by atoms with Crippen LogP contribution in [0.15, 0.2) is 41.5 Å². The molecule has 1 saturated heterocycles. The molecular weight excluding hydrogens is 577 g/mol. The van der Waals surface area contributed by atoms with Gasteiger partial charge in [-0.1, -0.05) is 13.0 Å². The van der Waals surface area contributed by atoms with Crippen molar-refractivity contribution < 1.29 is 32.5 Å². The highest BCUT2D eigenvalue weighted by Gasteiger charge is 2.44. The maximum atomic E-state index is 15.9. The first-order valence-corrected chi connectivity index (χ1v) is 14.4. The summed E-state index contributed by atoms with van der Waals surface area (Å²) in [7, 11) is 0. The smallest absolute Gasteiger partial charge is 0.410 e. The SMILES string of the molecule is CCc1nccc(C)c1N1c2c(cc(F)c(-c3c(F)cccc3F)[n+]2[O-])C(N2CCN(C(=O)OC(C)(C)C)C[C@@H]2C)=NC1O. The van der Waals surface area contributed by atoms with Gasteiger partial charge in [-0.3, -0.25) is 4.98 Å². The van der Waals surface area contributed by atoms with Crippen molar-refractivity contribution in [2.45, 2.75) is 66.0 Å². The minimum absolute atomic E-state index is 0.00571. The van der Waals surface area contributed by atoms with Crippen LogP contribution in [0.4, 0.5) is 29.5 Å². The van der Waals surface area contributed by atoms with E-state index >= 15 is 4.39 Å². The lowest BCUT2D eigenvalue weighted by Crippen LogP contribution is -2.58. The molecule has 0 bridgehead atoms. The molecule has 234 valence electrons. The Balaban J connectivity index is 1.68. The number of carbonyl (C=O) groups excluding carboxylic acids is 1. The molecule has 1 unspecified atom stereocenters. The number of aliphatic hydroxyl groups excluding tert-OH is 1. The average Bonchev–Trinajstić information content (AvgIpc) is 2.94. The van der Waals surface area contributed by atoms with Gasteiger partial charge in [0.25, 0.3) is 0 Å². The van der Waals surface area contributed by atoms with Crippen LogP contribution in [0.25, 0.3) is 11.3 Å². The second-order valence-corrected chi connectivity index (χ2v) is 11.9. The number of rotatable bonds is 3. The quantitative estimate of drug-likeness (QED) is 0.335. The van der Waals surface area contributed by atoms with Gasteiger partial charge in [0.05, 0.1) is 11.3 Å². The molecule has 1 amide bonds. The van der Waals surface area contributed by atoms with Gasteiger partial charge < -0.3 is 24.9 Å². The van der Waals surface area contributed by atoms with Gasteiger partial charge in [0, 0.05) is 31.9 Å². The van der Waals surface area contributed by atoms with Gasteiger partial charge >= 0.3 is 18.3 Å². The number of carbonyl (C=O) groups is 1. The van der Waals surface area contributed by atoms with E-state index in [1.807, 2.05) is 13.8 Å². The summed E-state index contributed by atoms with van der Waals surface area (Å²) in [5, 5.41) is 25.7. The number of pyridine rings is 2. The molecule has 0 spiro atoms. The van der Waals surface area contributed by atoms with Gasteiger partial charge in [-0.2, -0.15) is 9.89 Å². The number of piperazine rings is 1. The zero-order valence-electron chi connectivity index (χ0n) is 25.4. The first-order valence-electron chi connectivity index (χ1n) is 14.4. The standard InChI is InChI=1S/C31H35F3N6O4/c1-7-23-25(17(2)11-12-35-23)39-28-19(15-22(34)26(40(28)43)24-20(32)9-8-10-21(24)33)27(36-29(39)41)38-14-13-37(16-18(38)3)30(42)44-31(4,5)6/h8-12,15,18,29,41H,7,13-14,16H2,1-6H3/t18-,29?/m0/s1. The maximum Gasteiger partial charge on any atom is 0.410 e. The van der Waals surface area contributed by atoms with E-state index in [-0.39, 0.29) is 47.6 Å². The number of anilines is 2. The van der Waals surface area contributed by atoms with Gasteiger partial charge in [-0.05, 0) is 70.9 Å². The minimum Gasteiger partial charge on any atom is -0.710 e. The van der Waals surface area contributed by atoms with Crippen LogP contribution in [0.1, 0.15) is 51.4 Å². The molecule has 0 saturated carbocycles. The normalized spacial score (nSPS) is 18.7. The number of amides is 1. The number of halogens is 3. The monoisotopic (exact) mass is 612 g/mol. The third kappa shape index (κ3) is 5.51. The summed E-state index contributed by atoms with van der Waals surface area (Å²) in [5.74, 6) is -3.59. The number of aromatic nitrogens is 2. The molecule has 4 heterocycles. The Morgan fingerprint density at radius 3 is 2.45 bits per heavy atom. The van der Waals surface area contributed by atoms with E-state index in [0.29, 0.717) is 23.4 Å². The number of hydrogen-bond donors (Lipinski definition) is 1. The summed E-state index contributed by atoms with van der Waals surface area (Å²) in [6.45, 7) is 11.4. The van der Waals surface area contributed by atoms with Crippen molar-refractivity contribution in [2.24, 2.45) is 4.99 Å². The fourth-order valence-electron chi connectivity index (χ4n) is 5.66. The Labute approximate surface area is 253 Å². The molecule has 1 N–H and O–H groups in total. The molecule has 0 radical (unpaired) electrons. The lowest BCUT2D eigenvalue weighted by molar-refractivity contribution is -0.582. The number of aliphatic hydroxyl groups is 1. The van der Waals surface area contributed by atoms with E-state index in [4.69, 9.17) is 4.74 Å². The van der Waals surface area contributed by atoms with Crippen molar-refractivity contribution in [3.63, 3.8) is 0 Å². The van der Waals surface area contributed by atoms with Crippen molar-refractivity contribution >= 4 is 23.4 Å². The van der Waals surface area contributed by atoms with Crippen LogP contribution in [-0.2, 0) is 11.2 Å². The molecule has 5 rings (SSSR count). The second-order valence-electron chi connectivity index (χ2n) is 11.9. The molecule has 2 aliphatic heterocycles. The molecule has 2 atom stereocenters. The van der Waals surface area contributed by atoms with Crippen molar-refractivity contribution in [3.05, 3.63) is 76.0 Å². The van der Waals surface area contributed by atoms with Gasteiger partial charge in [0.1, 0.15) is 28.6 Å². The zero-order chi connectivity index (χ0) is 32.1. The van der Waals surface area contributed by atoms with Crippen LogP contribution in [-0.4, -0.2) is 69.4 Å². The Morgan fingerprint density at radius 1 is 1.16 bits per heavy atom. The Hall–Kier alpha value is -4.39. The predicted octanol–water partition coefficient (Wildman–Crippen LogP) is 4.79. The molecular formula is C31H35F3N6O4. The van der Waals surface area contributed by atoms with Gasteiger partial charge in [-0.25, -0.2) is 22.7 Å². The van der Waals surface area contributed by atoms with Crippen molar-refractivity contribution in [1.29, 1.82) is 0 Å². The highest BCUT2D eigenvalue weighted by molar-refractivity contribution is 6.05. The molecule has 13 heteroatoms. The van der Waals surface area contributed by atoms with E-state index in [2.05, 4.69) is 9.98 Å². The zero-order valence-corrected chi connectivity index (χ0v) is 25.4. The van der Waals surface area contributed by atoms with Crippen molar-refractivity contribution in [1.82, 2.24) is 14.8 Å². The van der Waals surface area contributed by atoms with Crippen LogP contribution in [0.2, 0.25) is 0 Å². The molecule has 2 aliphatic rings. The largest absolute Gasteiger partial charge is 0.710 e. The number of benzene rings is 1. The van der Waals surface area contributed by atoms with Gasteiger partial charge in [-0.15, -0.1) is 0 Å². The number of aryl methyl sites for hydroxylation is 2. The minimum atomic E-state index is -1.68. The molecule has 10 nitrogen and oxygen atoms in total. The summed E-state index contributed by atoms with van der Waals surface area (Å²) in [4.78, 5) is 26.2. The number of hydrogen-bond acceptors (Lipinski definition) is 8. The predicted molar refractivity (Wildman–Crippen MR) is 158 cm³/mol. The summed E-state index contributed by atoms with van der Waals surface area (Å²) >= 11 is 0. The lowest BCUT2D eigenvalue weighted by Gasteiger charge is -2.43. The maximum absolute atomic E-state index is 15.9. The fourth-order valence-corrected chi connectivity index (χ4v) is 5.66. The summed E-state index contributed by atoms with van der Waals surface area (Å²) in [6.07, 6.45) is -0.151. The van der Waals surface area contributed by atoms with Crippen LogP contribution in [0, 0.1) is 29.6 Å². The van der Waals surface area contributed by atoms with Crippen LogP contribution in [0.5, 0.6) is 0 Å². The molecule has 0 aliphatic carbocycles.